The number of hydrogen-bond acceptors (Lipinski definition) is 3. The van der Waals surface area contributed by atoms with Crippen LogP contribution in [0.5, 0.6) is 0 Å². The largest absolute Gasteiger partial charge is 0.478 e. The number of hydrogen-bond donors (Lipinski definition) is 3. The Morgan fingerprint density at radius 3 is 2.57 bits per heavy atom. The second kappa shape index (κ2) is 5.62. The Balaban J connectivity index is 2.41. The zero-order valence-corrected chi connectivity index (χ0v) is 11.2. The maximum absolute atomic E-state index is 13.8. The van der Waals surface area contributed by atoms with Crippen LogP contribution in [-0.2, 0) is 0 Å². The predicted molar refractivity (Wildman–Crippen MR) is 76.9 cm³/mol. The summed E-state index contributed by atoms with van der Waals surface area (Å²) in [6, 6.07) is 8.38. The number of nitrogens with one attached hydrogen (secondary N) is 1. The van der Waals surface area contributed by atoms with Gasteiger partial charge >= 0.3 is 5.97 Å². The van der Waals surface area contributed by atoms with Crippen LogP contribution in [0.1, 0.15) is 26.3 Å². The lowest BCUT2D eigenvalue weighted by atomic mass is 10.1. The van der Waals surface area contributed by atoms with Gasteiger partial charge in [-0.25, -0.2) is 9.18 Å². The highest BCUT2D eigenvalue weighted by molar-refractivity contribution is 6.10. The number of halogens is 1. The lowest BCUT2D eigenvalue weighted by Gasteiger charge is -2.11. The number of carboxylic acids is 1. The molecule has 2 aromatic rings. The molecule has 108 valence electrons. The Morgan fingerprint density at radius 1 is 1.19 bits per heavy atom. The van der Waals surface area contributed by atoms with Gasteiger partial charge in [0.25, 0.3) is 5.91 Å². The summed E-state index contributed by atoms with van der Waals surface area (Å²) in [6.45, 7) is 1.78. The van der Waals surface area contributed by atoms with Crippen molar-refractivity contribution >= 4 is 23.3 Å². The van der Waals surface area contributed by atoms with Crippen LogP contribution in [0.3, 0.4) is 0 Å². The number of amides is 1. The van der Waals surface area contributed by atoms with Crippen LogP contribution in [0.25, 0.3) is 0 Å². The molecule has 0 unspecified atom stereocenters. The maximum Gasteiger partial charge on any atom is 0.337 e. The third-order valence-corrected chi connectivity index (χ3v) is 2.94. The van der Waals surface area contributed by atoms with E-state index < -0.39 is 17.7 Å². The van der Waals surface area contributed by atoms with Crippen molar-refractivity contribution in [3.63, 3.8) is 0 Å². The van der Waals surface area contributed by atoms with Gasteiger partial charge in [-0.3, -0.25) is 4.79 Å². The Morgan fingerprint density at radius 2 is 1.90 bits per heavy atom. The number of para-hydroxylation sites is 1. The van der Waals surface area contributed by atoms with Gasteiger partial charge < -0.3 is 16.2 Å². The number of benzene rings is 2. The van der Waals surface area contributed by atoms with Crippen molar-refractivity contribution in [2.75, 3.05) is 11.1 Å². The number of carbonyl (C=O) groups is 2. The van der Waals surface area contributed by atoms with E-state index in [1.54, 1.807) is 25.1 Å². The van der Waals surface area contributed by atoms with Gasteiger partial charge in [0.05, 0.1) is 16.8 Å². The Hall–Kier alpha value is -2.89. The first kappa shape index (κ1) is 14.5. The van der Waals surface area contributed by atoms with Crippen LogP contribution in [0.2, 0.25) is 0 Å². The van der Waals surface area contributed by atoms with Gasteiger partial charge in [0.15, 0.2) is 0 Å². The molecule has 0 radical (unpaired) electrons. The monoisotopic (exact) mass is 288 g/mol. The van der Waals surface area contributed by atoms with Crippen LogP contribution < -0.4 is 11.1 Å². The molecule has 0 fully saturated rings. The van der Waals surface area contributed by atoms with Gasteiger partial charge in [-0.15, -0.1) is 0 Å². The fourth-order valence-electron chi connectivity index (χ4n) is 1.88. The van der Waals surface area contributed by atoms with Gasteiger partial charge in [0.2, 0.25) is 0 Å². The zero-order valence-electron chi connectivity index (χ0n) is 11.2. The predicted octanol–water partition coefficient (Wildman–Crippen LogP) is 2.67. The SMILES string of the molecule is Cc1ccc(N)c(C(=O)Nc2c(F)cccc2C(=O)O)c1. The molecule has 0 atom stereocenters. The van der Waals surface area contributed by atoms with Gasteiger partial charge in [-0.05, 0) is 31.2 Å². The van der Waals surface area contributed by atoms with Gasteiger partial charge in [-0.2, -0.15) is 0 Å². The number of carbonyl (C=O) groups excluding carboxylic acids is 1. The van der Waals surface area contributed by atoms with E-state index in [0.29, 0.717) is 0 Å². The van der Waals surface area contributed by atoms with E-state index in [1.165, 1.54) is 12.1 Å². The average Bonchev–Trinajstić information content (AvgIpc) is 2.43. The maximum atomic E-state index is 13.8. The second-order valence-corrected chi connectivity index (χ2v) is 4.51. The van der Waals surface area contributed by atoms with E-state index in [9.17, 15) is 14.0 Å². The van der Waals surface area contributed by atoms with E-state index in [4.69, 9.17) is 10.8 Å². The minimum Gasteiger partial charge on any atom is -0.478 e. The van der Waals surface area contributed by atoms with Crippen molar-refractivity contribution in [3.05, 3.63) is 58.9 Å². The topological polar surface area (TPSA) is 92.4 Å². The summed E-state index contributed by atoms with van der Waals surface area (Å²) in [5, 5.41) is 11.3. The molecule has 0 saturated heterocycles. The molecule has 1 amide bonds. The van der Waals surface area contributed by atoms with Crippen molar-refractivity contribution in [1.29, 1.82) is 0 Å². The smallest absolute Gasteiger partial charge is 0.337 e. The van der Waals surface area contributed by atoms with Gasteiger partial charge in [0.1, 0.15) is 5.82 Å². The number of anilines is 2. The average molecular weight is 288 g/mol. The van der Waals surface area contributed by atoms with Crippen LogP contribution in [0.4, 0.5) is 15.8 Å². The van der Waals surface area contributed by atoms with E-state index in [0.717, 1.165) is 11.6 Å². The summed E-state index contributed by atoms with van der Waals surface area (Å²) in [5.41, 5.74) is 6.20. The molecule has 6 heteroatoms. The van der Waals surface area contributed by atoms with E-state index >= 15 is 0 Å². The van der Waals surface area contributed by atoms with Crippen LogP contribution in [0, 0.1) is 12.7 Å². The molecule has 0 heterocycles. The van der Waals surface area contributed by atoms with Crippen molar-refractivity contribution in [2.45, 2.75) is 6.92 Å². The van der Waals surface area contributed by atoms with E-state index in [2.05, 4.69) is 5.32 Å². The van der Waals surface area contributed by atoms with Crippen LogP contribution >= 0.6 is 0 Å². The lowest BCUT2D eigenvalue weighted by Crippen LogP contribution is -2.17. The summed E-state index contributed by atoms with van der Waals surface area (Å²) >= 11 is 0. The summed E-state index contributed by atoms with van der Waals surface area (Å²) < 4.78 is 13.8. The normalized spacial score (nSPS) is 10.2. The molecule has 0 aliphatic carbocycles. The fourth-order valence-corrected chi connectivity index (χ4v) is 1.88. The first-order chi connectivity index (χ1) is 9.90. The van der Waals surface area contributed by atoms with Crippen LogP contribution in [-0.4, -0.2) is 17.0 Å². The molecule has 0 aliphatic rings. The minimum atomic E-state index is -1.33. The van der Waals surface area contributed by atoms with Gasteiger partial charge in [-0.1, -0.05) is 17.7 Å². The number of aryl methyl sites for hydroxylation is 1. The number of nitrogens with two attached hydrogens (primary N) is 1. The van der Waals surface area contributed by atoms with Gasteiger partial charge in [0, 0.05) is 5.69 Å². The Labute approximate surface area is 120 Å². The highest BCUT2D eigenvalue weighted by Crippen LogP contribution is 2.22. The number of carboxylic acid groups (broad SMARTS) is 1. The standard InChI is InChI=1S/C15H13FN2O3/c1-8-5-6-12(17)10(7-8)14(19)18-13-9(15(20)21)3-2-4-11(13)16/h2-7H,17H2,1H3,(H,18,19)(H,20,21). The molecule has 0 spiro atoms. The second-order valence-electron chi connectivity index (χ2n) is 4.51. The zero-order chi connectivity index (χ0) is 15.6. The van der Waals surface area contributed by atoms with E-state index in [-0.39, 0.29) is 22.5 Å². The molecule has 2 rings (SSSR count). The quantitative estimate of drug-likeness (QED) is 0.757. The van der Waals surface area contributed by atoms with Crippen molar-refractivity contribution < 1.29 is 19.1 Å². The number of aromatic carboxylic acids is 1. The highest BCUT2D eigenvalue weighted by atomic mass is 19.1. The molecule has 0 bridgehead atoms. The molecule has 2 aromatic carbocycles. The van der Waals surface area contributed by atoms with Crippen molar-refractivity contribution in [1.82, 2.24) is 0 Å². The van der Waals surface area contributed by atoms with Crippen LogP contribution in [0.15, 0.2) is 36.4 Å². The first-order valence-electron chi connectivity index (χ1n) is 6.09. The van der Waals surface area contributed by atoms with E-state index in [1.807, 2.05) is 0 Å². The number of nitrogen functional groups attached to an aromatic ring is 1. The summed E-state index contributed by atoms with van der Waals surface area (Å²) in [7, 11) is 0. The molecular formula is C15H13FN2O3. The number of rotatable bonds is 3. The minimum absolute atomic E-state index is 0.162. The molecule has 21 heavy (non-hydrogen) atoms. The third-order valence-electron chi connectivity index (χ3n) is 2.94. The summed E-state index contributed by atoms with van der Waals surface area (Å²) in [4.78, 5) is 23.2. The highest BCUT2D eigenvalue weighted by Gasteiger charge is 2.18. The van der Waals surface area contributed by atoms with Crippen molar-refractivity contribution in [2.24, 2.45) is 0 Å². The summed E-state index contributed by atoms with van der Waals surface area (Å²) in [6.07, 6.45) is 0. The molecule has 0 saturated carbocycles. The summed E-state index contributed by atoms with van der Waals surface area (Å²) in [5.74, 6) is -2.82. The lowest BCUT2D eigenvalue weighted by molar-refractivity contribution is 0.0697. The molecule has 0 aromatic heterocycles. The van der Waals surface area contributed by atoms with Crippen molar-refractivity contribution in [3.8, 4) is 0 Å². The Kier molecular flexibility index (Phi) is 3.89. The molecular weight excluding hydrogens is 275 g/mol. The molecule has 4 N–H and O–H groups in total. The third kappa shape index (κ3) is 3.00. The first-order valence-corrected chi connectivity index (χ1v) is 6.09. The Bertz CT molecular complexity index is 729. The molecule has 0 aliphatic heterocycles. The molecule has 5 nitrogen and oxygen atoms in total. The fraction of sp³-hybridized carbons (Fsp3) is 0.0667.